The van der Waals surface area contributed by atoms with Crippen molar-refractivity contribution in [3.63, 3.8) is 0 Å². The Hall–Kier alpha value is -1.37. The lowest BCUT2D eigenvalue weighted by Gasteiger charge is -2.27. The molecule has 7 heteroatoms. The number of rotatable bonds is 7. The monoisotopic (exact) mass is 407 g/mol. The number of hydrogen-bond donors (Lipinski definition) is 0. The molecule has 0 N–H and O–H groups in total. The highest BCUT2D eigenvalue weighted by molar-refractivity contribution is 9.10. The third-order valence-electron chi connectivity index (χ3n) is 2.89. The van der Waals surface area contributed by atoms with E-state index in [1.54, 1.807) is 43.9 Å². The molecular weight excluding hydrogens is 384 g/mol. The average Bonchev–Trinajstić information content (AvgIpc) is 2.44. The maximum atomic E-state index is 12.4. The van der Waals surface area contributed by atoms with Crippen LogP contribution in [0.1, 0.15) is 39.7 Å². The zero-order chi connectivity index (χ0) is 18.3. The normalized spacial score (nSPS) is 11.5. The molecule has 1 aromatic rings. The predicted octanol–water partition coefficient (Wildman–Crippen LogP) is 5.24. The van der Waals surface area contributed by atoms with Gasteiger partial charge in [-0.25, -0.2) is 13.6 Å². The molecule has 24 heavy (non-hydrogen) atoms. The summed E-state index contributed by atoms with van der Waals surface area (Å²) in [7, 11) is 0. The molecule has 0 heterocycles. The van der Waals surface area contributed by atoms with Gasteiger partial charge >= 0.3 is 6.09 Å². The minimum Gasteiger partial charge on any atom is -0.487 e. The van der Waals surface area contributed by atoms with Crippen molar-refractivity contribution in [1.82, 2.24) is 4.90 Å². The SMILES string of the molecule is CCCN(Cc1cc(Br)ccc1OCC(F)F)C(=O)OC(C)(C)C. The van der Waals surface area contributed by atoms with E-state index in [2.05, 4.69) is 15.9 Å². The Balaban J connectivity index is 2.96. The molecule has 0 aromatic heterocycles. The second-order valence-corrected chi connectivity index (χ2v) is 7.27. The summed E-state index contributed by atoms with van der Waals surface area (Å²) in [5.41, 5.74) is 0.0411. The van der Waals surface area contributed by atoms with E-state index in [0.29, 0.717) is 17.9 Å². The Bertz CT molecular complexity index is 547. The van der Waals surface area contributed by atoms with E-state index < -0.39 is 24.7 Å². The van der Waals surface area contributed by atoms with Gasteiger partial charge in [-0.15, -0.1) is 0 Å². The third-order valence-corrected chi connectivity index (χ3v) is 3.39. The molecule has 1 rings (SSSR count). The minimum atomic E-state index is -2.56. The maximum Gasteiger partial charge on any atom is 0.410 e. The van der Waals surface area contributed by atoms with Gasteiger partial charge in [0.05, 0.1) is 6.54 Å². The van der Waals surface area contributed by atoms with Crippen LogP contribution in [0.4, 0.5) is 13.6 Å². The van der Waals surface area contributed by atoms with Gasteiger partial charge < -0.3 is 14.4 Å². The molecule has 0 bridgehead atoms. The number of hydrogen-bond acceptors (Lipinski definition) is 3. The van der Waals surface area contributed by atoms with E-state index in [-0.39, 0.29) is 6.54 Å². The summed E-state index contributed by atoms with van der Waals surface area (Å²) in [5, 5.41) is 0. The highest BCUT2D eigenvalue weighted by Crippen LogP contribution is 2.26. The van der Waals surface area contributed by atoms with Gasteiger partial charge in [0.25, 0.3) is 6.43 Å². The van der Waals surface area contributed by atoms with Crippen LogP contribution in [0, 0.1) is 0 Å². The third kappa shape index (κ3) is 7.47. The molecule has 0 aliphatic rings. The van der Waals surface area contributed by atoms with E-state index >= 15 is 0 Å². The number of halogens is 3. The molecule has 0 spiro atoms. The van der Waals surface area contributed by atoms with Gasteiger partial charge in [0.15, 0.2) is 0 Å². The Morgan fingerprint density at radius 2 is 2.00 bits per heavy atom. The molecule has 136 valence electrons. The largest absolute Gasteiger partial charge is 0.487 e. The molecule has 0 saturated heterocycles. The molecule has 0 aliphatic heterocycles. The van der Waals surface area contributed by atoms with Crippen LogP contribution in [0.15, 0.2) is 22.7 Å². The van der Waals surface area contributed by atoms with Gasteiger partial charge in [0, 0.05) is 16.6 Å². The van der Waals surface area contributed by atoms with Crippen LogP contribution >= 0.6 is 15.9 Å². The van der Waals surface area contributed by atoms with Gasteiger partial charge in [-0.2, -0.15) is 0 Å². The lowest BCUT2D eigenvalue weighted by Crippen LogP contribution is -2.37. The van der Waals surface area contributed by atoms with Crippen molar-refractivity contribution in [2.24, 2.45) is 0 Å². The quantitative estimate of drug-likeness (QED) is 0.620. The summed E-state index contributed by atoms with van der Waals surface area (Å²) in [6.45, 7) is 7.37. The van der Waals surface area contributed by atoms with Crippen molar-refractivity contribution in [1.29, 1.82) is 0 Å². The number of nitrogens with zero attached hydrogens (tertiary/aromatic N) is 1. The Kier molecular flexibility index (Phi) is 7.93. The van der Waals surface area contributed by atoms with Gasteiger partial charge in [-0.05, 0) is 45.4 Å². The molecule has 0 radical (unpaired) electrons. The first-order chi connectivity index (χ1) is 11.1. The van der Waals surface area contributed by atoms with Gasteiger partial charge in [-0.3, -0.25) is 0 Å². The molecule has 0 fully saturated rings. The number of amides is 1. The number of carbonyl (C=O) groups excluding carboxylic acids is 1. The molecule has 0 unspecified atom stereocenters. The van der Waals surface area contributed by atoms with Crippen molar-refractivity contribution < 1.29 is 23.0 Å². The molecular formula is C17H24BrF2NO3. The van der Waals surface area contributed by atoms with Crippen molar-refractivity contribution in [2.75, 3.05) is 13.2 Å². The summed E-state index contributed by atoms with van der Waals surface area (Å²) in [6.07, 6.45) is -2.25. The second-order valence-electron chi connectivity index (χ2n) is 6.36. The first-order valence-electron chi connectivity index (χ1n) is 7.79. The van der Waals surface area contributed by atoms with Crippen molar-refractivity contribution >= 4 is 22.0 Å². The van der Waals surface area contributed by atoms with E-state index in [0.717, 1.165) is 10.9 Å². The molecule has 1 amide bonds. The van der Waals surface area contributed by atoms with Crippen LogP contribution in [0.2, 0.25) is 0 Å². The summed E-state index contributed by atoms with van der Waals surface area (Å²) < 4.78 is 36.2. The lowest BCUT2D eigenvalue weighted by molar-refractivity contribution is 0.0230. The summed E-state index contributed by atoms with van der Waals surface area (Å²) >= 11 is 3.35. The number of benzene rings is 1. The van der Waals surface area contributed by atoms with E-state index in [4.69, 9.17) is 9.47 Å². The Morgan fingerprint density at radius 3 is 2.54 bits per heavy atom. The highest BCUT2D eigenvalue weighted by atomic mass is 79.9. The van der Waals surface area contributed by atoms with Gasteiger partial charge in [0.2, 0.25) is 0 Å². The predicted molar refractivity (Wildman–Crippen MR) is 92.6 cm³/mol. The smallest absolute Gasteiger partial charge is 0.410 e. The fourth-order valence-electron chi connectivity index (χ4n) is 2.00. The summed E-state index contributed by atoms with van der Waals surface area (Å²) in [5.74, 6) is 0.336. The second kappa shape index (κ2) is 9.20. The van der Waals surface area contributed by atoms with Crippen LogP contribution in [-0.4, -0.2) is 36.2 Å². The summed E-state index contributed by atoms with van der Waals surface area (Å²) in [6, 6.07) is 5.08. The summed E-state index contributed by atoms with van der Waals surface area (Å²) in [4.78, 5) is 13.9. The minimum absolute atomic E-state index is 0.223. The fourth-order valence-corrected chi connectivity index (χ4v) is 2.41. The van der Waals surface area contributed by atoms with Gasteiger partial charge in [0.1, 0.15) is 18.0 Å². The number of ether oxygens (including phenoxy) is 2. The molecule has 0 atom stereocenters. The van der Waals surface area contributed by atoms with Crippen LogP contribution < -0.4 is 4.74 Å². The fraction of sp³-hybridized carbons (Fsp3) is 0.588. The van der Waals surface area contributed by atoms with E-state index in [1.165, 1.54) is 0 Å². The number of alkyl halides is 2. The molecule has 4 nitrogen and oxygen atoms in total. The standard InChI is InChI=1S/C17H24BrF2NO3/c1-5-8-21(16(22)24-17(2,3)4)10-12-9-13(18)6-7-14(12)23-11-15(19)20/h6-7,9,15H,5,8,10-11H2,1-4H3. The lowest BCUT2D eigenvalue weighted by atomic mass is 10.2. The topological polar surface area (TPSA) is 38.8 Å². The maximum absolute atomic E-state index is 12.4. The van der Waals surface area contributed by atoms with Crippen LogP contribution in [0.3, 0.4) is 0 Å². The average molecular weight is 408 g/mol. The number of carbonyl (C=O) groups is 1. The first kappa shape index (κ1) is 20.7. The molecule has 0 saturated carbocycles. The Morgan fingerprint density at radius 1 is 1.33 bits per heavy atom. The van der Waals surface area contributed by atoms with Crippen molar-refractivity contribution in [3.8, 4) is 5.75 Å². The zero-order valence-electron chi connectivity index (χ0n) is 14.4. The van der Waals surface area contributed by atoms with Crippen LogP contribution in [0.5, 0.6) is 5.75 Å². The zero-order valence-corrected chi connectivity index (χ0v) is 16.0. The molecule has 1 aromatic carbocycles. The van der Waals surface area contributed by atoms with E-state index in [9.17, 15) is 13.6 Å². The molecule has 0 aliphatic carbocycles. The van der Waals surface area contributed by atoms with Crippen LogP contribution in [-0.2, 0) is 11.3 Å². The van der Waals surface area contributed by atoms with E-state index in [1.807, 2.05) is 6.92 Å². The van der Waals surface area contributed by atoms with Gasteiger partial charge in [-0.1, -0.05) is 22.9 Å². The van der Waals surface area contributed by atoms with Crippen molar-refractivity contribution in [2.45, 2.75) is 52.7 Å². The first-order valence-corrected chi connectivity index (χ1v) is 8.59. The van der Waals surface area contributed by atoms with Crippen LogP contribution in [0.25, 0.3) is 0 Å². The Labute approximate surface area is 150 Å². The highest BCUT2D eigenvalue weighted by Gasteiger charge is 2.23. The van der Waals surface area contributed by atoms with Crippen molar-refractivity contribution in [3.05, 3.63) is 28.2 Å².